The van der Waals surface area contributed by atoms with Crippen LogP contribution in [0.4, 0.5) is 23.9 Å². The van der Waals surface area contributed by atoms with Crippen LogP contribution in [-0.4, -0.2) is 51.1 Å². The van der Waals surface area contributed by atoms with Gasteiger partial charge in [0.15, 0.2) is 0 Å². The van der Waals surface area contributed by atoms with Gasteiger partial charge in [-0.25, -0.2) is 14.8 Å². The number of nitrogens with zero attached hydrogens (tertiary/aromatic N) is 4. The molecule has 7 nitrogen and oxygen atoms in total. The Kier molecular flexibility index (Phi) is 4.95. The van der Waals surface area contributed by atoms with Crippen LogP contribution in [0, 0.1) is 5.92 Å². The summed E-state index contributed by atoms with van der Waals surface area (Å²) >= 11 is 0. The average Bonchev–Trinajstić information content (AvgIpc) is 2.82. The molecule has 1 aliphatic heterocycles. The Balaban J connectivity index is 2.27. The molecule has 0 bridgehead atoms. The van der Waals surface area contributed by atoms with Gasteiger partial charge in [-0.1, -0.05) is 20.3 Å². The Hall–Kier alpha value is -2.39. The molecule has 0 saturated carbocycles. The molecule has 0 aromatic carbocycles. The predicted molar refractivity (Wildman–Crippen MR) is 77.4 cm³/mol. The number of anilines is 1. The summed E-state index contributed by atoms with van der Waals surface area (Å²) in [7, 11) is 0. The van der Waals surface area contributed by atoms with Crippen molar-refractivity contribution >= 4 is 17.9 Å². The number of alkyl halides is 3. The van der Waals surface area contributed by atoms with E-state index in [1.165, 1.54) is 4.90 Å². The van der Waals surface area contributed by atoms with E-state index in [9.17, 15) is 22.8 Å². The lowest BCUT2D eigenvalue weighted by Gasteiger charge is -2.25. The zero-order valence-corrected chi connectivity index (χ0v) is 13.1. The largest absolute Gasteiger partial charge is 0.480 e. The van der Waals surface area contributed by atoms with Crippen LogP contribution in [0.25, 0.3) is 0 Å². The fraction of sp³-hybridized carbons (Fsp3) is 0.571. The van der Waals surface area contributed by atoms with Crippen molar-refractivity contribution in [3.05, 3.63) is 18.0 Å². The monoisotopic (exact) mass is 346 g/mol. The Bertz CT molecular complexity index is 621. The zero-order chi connectivity index (χ0) is 18.1. The molecule has 1 N–H and O–H groups in total. The third-order valence-corrected chi connectivity index (χ3v) is 4.06. The third-order valence-electron chi connectivity index (χ3n) is 4.06. The van der Waals surface area contributed by atoms with Gasteiger partial charge in [0, 0.05) is 12.4 Å². The maximum Gasteiger partial charge on any atom is 0.419 e. The number of carbonyl (C=O) groups excluding carboxylic acids is 1. The van der Waals surface area contributed by atoms with E-state index in [4.69, 9.17) is 5.11 Å². The lowest BCUT2D eigenvalue weighted by Crippen LogP contribution is -2.41. The number of aliphatic carboxylic acids is 1. The minimum Gasteiger partial charge on any atom is -0.480 e. The molecule has 10 heteroatoms. The minimum absolute atomic E-state index is 0.0211. The summed E-state index contributed by atoms with van der Waals surface area (Å²) in [5, 5.41) is 8.98. The molecule has 0 spiro atoms. The molecular formula is C14H17F3N4O3. The maximum absolute atomic E-state index is 12.6. The van der Waals surface area contributed by atoms with E-state index in [2.05, 4.69) is 9.97 Å². The average molecular weight is 346 g/mol. The quantitative estimate of drug-likeness (QED) is 0.883. The standard InChI is InChI=1S/C14H17F3N4O3/c1-3-8(2)10-6-21(13(24)20(10)7-11(22)23)12-18-4-9(5-19-12)14(15,16)17/h4-5,8,10H,3,6-7H2,1-2H3,(H,22,23)/t8-,10+/m0/s1. The second kappa shape index (κ2) is 6.62. The van der Waals surface area contributed by atoms with Gasteiger partial charge < -0.3 is 10.0 Å². The van der Waals surface area contributed by atoms with E-state index in [-0.39, 0.29) is 24.5 Å². The molecule has 2 amide bonds. The van der Waals surface area contributed by atoms with Crippen molar-refractivity contribution in [2.75, 3.05) is 18.0 Å². The molecule has 0 radical (unpaired) electrons. The van der Waals surface area contributed by atoms with Crippen molar-refractivity contribution in [1.82, 2.24) is 14.9 Å². The van der Waals surface area contributed by atoms with Crippen molar-refractivity contribution in [2.45, 2.75) is 32.5 Å². The first kappa shape index (κ1) is 18.0. The Labute approximate surface area is 136 Å². The molecule has 1 saturated heterocycles. The maximum atomic E-state index is 12.6. The summed E-state index contributed by atoms with van der Waals surface area (Å²) in [4.78, 5) is 33.0. The molecule has 132 valence electrons. The predicted octanol–water partition coefficient (Wildman–Crippen LogP) is 2.24. The van der Waals surface area contributed by atoms with Crippen molar-refractivity contribution < 1.29 is 27.9 Å². The molecule has 0 aliphatic carbocycles. The van der Waals surface area contributed by atoms with Gasteiger partial charge in [-0.3, -0.25) is 9.69 Å². The van der Waals surface area contributed by atoms with Gasteiger partial charge >= 0.3 is 18.2 Å². The number of carboxylic acid groups (broad SMARTS) is 1. The van der Waals surface area contributed by atoms with E-state index < -0.39 is 30.3 Å². The molecule has 2 heterocycles. The van der Waals surface area contributed by atoms with E-state index in [1.54, 1.807) is 0 Å². The molecule has 2 atom stereocenters. The SMILES string of the molecule is CC[C@H](C)[C@H]1CN(c2ncc(C(F)(F)F)cn2)C(=O)N1CC(=O)O. The number of urea groups is 1. The van der Waals surface area contributed by atoms with Gasteiger partial charge in [0.05, 0.1) is 18.2 Å². The molecule has 1 aromatic heterocycles. The molecule has 1 aromatic rings. The van der Waals surface area contributed by atoms with Crippen molar-refractivity contribution in [3.63, 3.8) is 0 Å². The van der Waals surface area contributed by atoms with Crippen LogP contribution < -0.4 is 4.90 Å². The summed E-state index contributed by atoms with van der Waals surface area (Å²) in [6.07, 6.45) is -2.64. The topological polar surface area (TPSA) is 86.6 Å². The van der Waals surface area contributed by atoms with Crippen LogP contribution in [0.2, 0.25) is 0 Å². The fourth-order valence-electron chi connectivity index (χ4n) is 2.52. The number of amides is 2. The highest BCUT2D eigenvalue weighted by atomic mass is 19.4. The highest BCUT2D eigenvalue weighted by Crippen LogP contribution is 2.30. The Morgan fingerprint density at radius 2 is 2.00 bits per heavy atom. The third kappa shape index (κ3) is 3.57. The van der Waals surface area contributed by atoms with Crippen molar-refractivity contribution in [3.8, 4) is 0 Å². The van der Waals surface area contributed by atoms with Crippen molar-refractivity contribution in [2.24, 2.45) is 5.92 Å². The van der Waals surface area contributed by atoms with Crippen LogP contribution in [0.15, 0.2) is 12.4 Å². The number of halogens is 3. The number of rotatable bonds is 5. The number of carboxylic acids is 1. The summed E-state index contributed by atoms with van der Waals surface area (Å²) in [5.41, 5.74) is -1.02. The smallest absolute Gasteiger partial charge is 0.419 e. The molecule has 1 fully saturated rings. The summed E-state index contributed by atoms with van der Waals surface area (Å²) in [6.45, 7) is 3.44. The van der Waals surface area contributed by atoms with E-state index in [0.717, 1.165) is 11.3 Å². The van der Waals surface area contributed by atoms with Crippen LogP contribution in [0.5, 0.6) is 0 Å². The molecule has 24 heavy (non-hydrogen) atoms. The lowest BCUT2D eigenvalue weighted by atomic mass is 9.99. The van der Waals surface area contributed by atoms with Crippen molar-refractivity contribution in [1.29, 1.82) is 0 Å². The summed E-state index contributed by atoms with van der Waals surface area (Å²) < 4.78 is 37.7. The molecular weight excluding hydrogens is 329 g/mol. The first-order valence-electron chi connectivity index (χ1n) is 7.34. The van der Waals surface area contributed by atoms with Gasteiger partial charge in [0.1, 0.15) is 6.54 Å². The van der Waals surface area contributed by atoms with Gasteiger partial charge in [0.25, 0.3) is 0 Å². The highest BCUT2D eigenvalue weighted by Gasteiger charge is 2.42. The lowest BCUT2D eigenvalue weighted by molar-refractivity contribution is -0.138. The number of hydrogen-bond acceptors (Lipinski definition) is 4. The van der Waals surface area contributed by atoms with Crippen LogP contribution in [0.1, 0.15) is 25.8 Å². The van der Waals surface area contributed by atoms with Crippen LogP contribution >= 0.6 is 0 Å². The van der Waals surface area contributed by atoms with Crippen LogP contribution in [-0.2, 0) is 11.0 Å². The number of hydrogen-bond donors (Lipinski definition) is 1. The highest BCUT2D eigenvalue weighted by molar-refractivity contribution is 5.94. The van der Waals surface area contributed by atoms with E-state index >= 15 is 0 Å². The van der Waals surface area contributed by atoms with Gasteiger partial charge in [0.2, 0.25) is 5.95 Å². The Morgan fingerprint density at radius 1 is 1.42 bits per heavy atom. The number of aromatic nitrogens is 2. The summed E-state index contributed by atoms with van der Waals surface area (Å²) in [5.74, 6) is -1.31. The van der Waals surface area contributed by atoms with Gasteiger partial charge in [-0.2, -0.15) is 13.2 Å². The molecule has 0 unspecified atom stereocenters. The summed E-state index contributed by atoms with van der Waals surface area (Å²) in [6, 6.07) is -0.994. The second-order valence-corrected chi connectivity index (χ2v) is 5.64. The number of carbonyl (C=O) groups is 2. The first-order valence-corrected chi connectivity index (χ1v) is 7.34. The van der Waals surface area contributed by atoms with Crippen LogP contribution in [0.3, 0.4) is 0 Å². The zero-order valence-electron chi connectivity index (χ0n) is 13.1. The fourth-order valence-corrected chi connectivity index (χ4v) is 2.52. The first-order chi connectivity index (χ1) is 11.1. The Morgan fingerprint density at radius 3 is 2.46 bits per heavy atom. The minimum atomic E-state index is -4.57. The second-order valence-electron chi connectivity index (χ2n) is 5.64. The molecule has 1 aliphatic rings. The van der Waals surface area contributed by atoms with E-state index in [0.29, 0.717) is 12.4 Å². The van der Waals surface area contributed by atoms with E-state index in [1.807, 2.05) is 13.8 Å². The van der Waals surface area contributed by atoms with Gasteiger partial charge in [-0.05, 0) is 5.92 Å². The van der Waals surface area contributed by atoms with Gasteiger partial charge in [-0.15, -0.1) is 0 Å². The normalized spacial score (nSPS) is 19.7. The molecule has 2 rings (SSSR count).